The molecule has 0 spiro atoms. The Kier molecular flexibility index (Phi) is 2.00. The van der Waals surface area contributed by atoms with Gasteiger partial charge in [0.1, 0.15) is 0 Å². The predicted molar refractivity (Wildman–Crippen MR) is 65.9 cm³/mol. The number of hydrogen-bond donors (Lipinski definition) is 2. The van der Waals surface area contributed by atoms with Gasteiger partial charge in [0.15, 0.2) is 11.6 Å². The summed E-state index contributed by atoms with van der Waals surface area (Å²) in [5.41, 5.74) is 7.43. The molecule has 3 rings (SSSR count). The Bertz CT molecular complexity index is 656. The van der Waals surface area contributed by atoms with Crippen molar-refractivity contribution in [1.29, 1.82) is 0 Å². The molecule has 0 aliphatic carbocycles. The van der Waals surface area contributed by atoms with E-state index in [9.17, 15) is 0 Å². The molecule has 1 aromatic carbocycles. The van der Waals surface area contributed by atoms with Gasteiger partial charge >= 0.3 is 0 Å². The molecule has 0 aliphatic rings. The van der Waals surface area contributed by atoms with E-state index in [0.29, 0.717) is 11.6 Å². The van der Waals surface area contributed by atoms with Crippen molar-refractivity contribution in [2.24, 2.45) is 0 Å². The quantitative estimate of drug-likeness (QED) is 0.718. The molecule has 3 aromatic rings. The predicted octanol–water partition coefficient (Wildman–Crippen LogP) is 3.17. The van der Waals surface area contributed by atoms with Gasteiger partial charge in [-0.15, -0.1) is 0 Å². The van der Waals surface area contributed by atoms with E-state index in [2.05, 4.69) is 26.1 Å². The molecule has 0 bridgehead atoms. The van der Waals surface area contributed by atoms with Gasteiger partial charge in [-0.05, 0) is 24.3 Å². The molecule has 80 valence electrons. The van der Waals surface area contributed by atoms with E-state index < -0.39 is 0 Å². The van der Waals surface area contributed by atoms with E-state index in [1.54, 1.807) is 6.07 Å². The number of anilines is 1. The van der Waals surface area contributed by atoms with Crippen molar-refractivity contribution in [3.05, 3.63) is 34.8 Å². The number of nitrogens with zero attached hydrogens (tertiary/aromatic N) is 1. The third-order valence-corrected chi connectivity index (χ3v) is 2.87. The molecule has 0 aliphatic heterocycles. The van der Waals surface area contributed by atoms with E-state index in [0.717, 1.165) is 21.1 Å². The Morgan fingerprint density at radius 3 is 2.88 bits per heavy atom. The summed E-state index contributed by atoms with van der Waals surface area (Å²) in [4.78, 5) is 3.24. The Balaban J connectivity index is 2.18. The van der Waals surface area contributed by atoms with Crippen molar-refractivity contribution >= 4 is 32.7 Å². The maximum Gasteiger partial charge on any atom is 0.185 e. The van der Waals surface area contributed by atoms with Crippen LogP contribution in [0.4, 0.5) is 5.82 Å². The monoisotopic (exact) mass is 277 g/mol. The summed E-state index contributed by atoms with van der Waals surface area (Å²) in [7, 11) is 0. The lowest BCUT2D eigenvalue weighted by molar-refractivity contribution is 0.435. The lowest BCUT2D eigenvalue weighted by atomic mass is 10.2. The van der Waals surface area contributed by atoms with E-state index in [1.165, 1.54) is 0 Å². The van der Waals surface area contributed by atoms with Gasteiger partial charge in [0.25, 0.3) is 0 Å². The molecule has 0 fully saturated rings. The Morgan fingerprint density at radius 1 is 1.25 bits per heavy atom. The van der Waals surface area contributed by atoms with Crippen LogP contribution in [-0.2, 0) is 0 Å². The van der Waals surface area contributed by atoms with Crippen molar-refractivity contribution in [1.82, 2.24) is 10.1 Å². The molecule has 2 heterocycles. The van der Waals surface area contributed by atoms with Gasteiger partial charge < -0.3 is 15.2 Å². The van der Waals surface area contributed by atoms with E-state index in [4.69, 9.17) is 10.3 Å². The highest BCUT2D eigenvalue weighted by Gasteiger charge is 2.08. The Morgan fingerprint density at radius 2 is 2.12 bits per heavy atom. The summed E-state index contributed by atoms with van der Waals surface area (Å²) in [6.07, 6.45) is 0. The van der Waals surface area contributed by atoms with Crippen LogP contribution in [0.1, 0.15) is 0 Å². The van der Waals surface area contributed by atoms with E-state index in [-0.39, 0.29) is 0 Å². The fourth-order valence-electron chi connectivity index (χ4n) is 1.65. The smallest absolute Gasteiger partial charge is 0.185 e. The van der Waals surface area contributed by atoms with Crippen molar-refractivity contribution in [2.75, 3.05) is 5.73 Å². The van der Waals surface area contributed by atoms with Crippen LogP contribution in [0.2, 0.25) is 0 Å². The number of aromatic amines is 1. The molecular weight excluding hydrogens is 270 g/mol. The summed E-state index contributed by atoms with van der Waals surface area (Å²) < 4.78 is 6.14. The molecule has 0 radical (unpaired) electrons. The summed E-state index contributed by atoms with van der Waals surface area (Å²) in [6.45, 7) is 0. The van der Waals surface area contributed by atoms with E-state index in [1.807, 2.05) is 24.3 Å². The lowest BCUT2D eigenvalue weighted by Gasteiger charge is -1.89. The highest BCUT2D eigenvalue weighted by molar-refractivity contribution is 9.10. The van der Waals surface area contributed by atoms with Gasteiger partial charge in [0.05, 0.1) is 5.69 Å². The number of aromatic nitrogens is 2. The van der Waals surface area contributed by atoms with Gasteiger partial charge in [0, 0.05) is 21.4 Å². The van der Waals surface area contributed by atoms with Gasteiger partial charge in [-0.25, -0.2) is 0 Å². The zero-order valence-corrected chi connectivity index (χ0v) is 9.78. The zero-order chi connectivity index (χ0) is 11.1. The number of halogens is 1. The number of H-pyrrole nitrogens is 1. The van der Waals surface area contributed by atoms with Gasteiger partial charge in [0.2, 0.25) is 0 Å². The van der Waals surface area contributed by atoms with Crippen LogP contribution in [-0.4, -0.2) is 10.1 Å². The summed E-state index contributed by atoms with van der Waals surface area (Å²) >= 11 is 3.43. The SMILES string of the molecule is Nc1cc(-c2cc3cc(Br)ccc3[nH]2)on1. The van der Waals surface area contributed by atoms with Crippen LogP contribution in [0.15, 0.2) is 39.3 Å². The third kappa shape index (κ3) is 1.49. The summed E-state index contributed by atoms with van der Waals surface area (Å²) in [5, 5.41) is 4.76. The average molecular weight is 278 g/mol. The molecular formula is C11H8BrN3O. The number of rotatable bonds is 1. The summed E-state index contributed by atoms with van der Waals surface area (Å²) in [5.74, 6) is 1.03. The molecule has 0 unspecified atom stereocenters. The Labute approximate surface area is 99.6 Å². The number of benzene rings is 1. The Hall–Kier alpha value is -1.75. The molecule has 0 saturated carbocycles. The maximum absolute atomic E-state index is 5.51. The molecule has 4 nitrogen and oxygen atoms in total. The maximum atomic E-state index is 5.51. The fraction of sp³-hybridized carbons (Fsp3) is 0. The van der Waals surface area contributed by atoms with Crippen LogP contribution in [0.5, 0.6) is 0 Å². The first-order valence-electron chi connectivity index (χ1n) is 4.73. The molecule has 0 saturated heterocycles. The van der Waals surface area contributed by atoms with Crippen molar-refractivity contribution in [2.45, 2.75) is 0 Å². The minimum Gasteiger partial charge on any atom is -0.381 e. The molecule has 0 amide bonds. The zero-order valence-electron chi connectivity index (χ0n) is 8.20. The first-order chi connectivity index (χ1) is 7.72. The van der Waals surface area contributed by atoms with Crippen LogP contribution in [0, 0.1) is 0 Å². The van der Waals surface area contributed by atoms with Crippen LogP contribution in [0.3, 0.4) is 0 Å². The van der Waals surface area contributed by atoms with Crippen LogP contribution in [0.25, 0.3) is 22.4 Å². The number of nitrogens with one attached hydrogen (secondary N) is 1. The third-order valence-electron chi connectivity index (χ3n) is 2.38. The second-order valence-corrected chi connectivity index (χ2v) is 4.45. The summed E-state index contributed by atoms with van der Waals surface area (Å²) in [6, 6.07) is 9.72. The highest BCUT2D eigenvalue weighted by atomic mass is 79.9. The molecule has 16 heavy (non-hydrogen) atoms. The van der Waals surface area contributed by atoms with Crippen molar-refractivity contribution in [3.8, 4) is 11.5 Å². The van der Waals surface area contributed by atoms with E-state index >= 15 is 0 Å². The first kappa shape index (κ1) is 9.47. The van der Waals surface area contributed by atoms with Gasteiger partial charge in [-0.1, -0.05) is 21.1 Å². The van der Waals surface area contributed by atoms with Crippen LogP contribution >= 0.6 is 15.9 Å². The normalized spacial score (nSPS) is 11.1. The second kappa shape index (κ2) is 3.38. The number of nitrogens with two attached hydrogens (primary N) is 1. The van der Waals surface area contributed by atoms with Gasteiger partial charge in [-0.2, -0.15) is 0 Å². The first-order valence-corrected chi connectivity index (χ1v) is 5.52. The van der Waals surface area contributed by atoms with Crippen molar-refractivity contribution < 1.29 is 4.52 Å². The highest BCUT2D eigenvalue weighted by Crippen LogP contribution is 2.27. The second-order valence-electron chi connectivity index (χ2n) is 3.53. The lowest BCUT2D eigenvalue weighted by Crippen LogP contribution is -1.79. The standard InChI is InChI=1S/C11H8BrN3O/c12-7-1-2-8-6(3-7)4-9(14-8)10-5-11(13)15-16-10/h1-5,14H,(H2,13,15). The molecule has 2 aromatic heterocycles. The molecule has 5 heteroatoms. The average Bonchev–Trinajstić information content (AvgIpc) is 2.83. The number of hydrogen-bond acceptors (Lipinski definition) is 3. The van der Waals surface area contributed by atoms with Crippen molar-refractivity contribution in [3.63, 3.8) is 0 Å². The van der Waals surface area contributed by atoms with Gasteiger partial charge in [-0.3, -0.25) is 0 Å². The number of fused-ring (bicyclic) bond motifs is 1. The minimum absolute atomic E-state index is 0.384. The topological polar surface area (TPSA) is 67.8 Å². The molecule has 0 atom stereocenters. The van der Waals surface area contributed by atoms with Crippen LogP contribution < -0.4 is 5.73 Å². The molecule has 3 N–H and O–H groups in total. The number of nitrogen functional groups attached to an aromatic ring is 1. The largest absolute Gasteiger partial charge is 0.381 e. The fourth-order valence-corrected chi connectivity index (χ4v) is 2.03. The minimum atomic E-state index is 0.384.